The van der Waals surface area contributed by atoms with E-state index in [1.807, 2.05) is 25.5 Å². The molecule has 14 heavy (non-hydrogen) atoms. The van der Waals surface area contributed by atoms with E-state index in [0.717, 1.165) is 5.92 Å². The molecule has 2 nitrogen and oxygen atoms in total. The van der Waals surface area contributed by atoms with Crippen molar-refractivity contribution in [2.24, 2.45) is 5.92 Å². The third-order valence-corrected chi connectivity index (χ3v) is 2.45. The number of hydrogen-bond acceptors (Lipinski definition) is 2. The molecule has 1 fully saturated rings. The summed E-state index contributed by atoms with van der Waals surface area (Å²) in [7, 11) is 2.02. The highest BCUT2D eigenvalue weighted by Crippen LogP contribution is 2.40. The van der Waals surface area contributed by atoms with Gasteiger partial charge in [-0.3, -0.25) is 4.98 Å². The lowest BCUT2D eigenvalue weighted by molar-refractivity contribution is 0.527. The molecule has 1 N–H and O–H groups in total. The number of nitrogens with one attached hydrogen (secondary N) is 1. The van der Waals surface area contributed by atoms with Crippen LogP contribution >= 0.6 is 24.8 Å². The molecule has 80 valence electrons. The first-order valence-corrected chi connectivity index (χ1v) is 4.49. The highest BCUT2D eigenvalue weighted by molar-refractivity contribution is 5.85. The Morgan fingerprint density at radius 3 is 2.57 bits per heavy atom. The average molecular weight is 235 g/mol. The van der Waals surface area contributed by atoms with Gasteiger partial charge in [0, 0.05) is 18.4 Å². The molecule has 2 rings (SSSR count). The Balaban J connectivity index is 0.000000845. The zero-order valence-corrected chi connectivity index (χ0v) is 9.78. The van der Waals surface area contributed by atoms with Crippen LogP contribution in [0.3, 0.4) is 0 Å². The van der Waals surface area contributed by atoms with Gasteiger partial charge in [-0.05, 0) is 37.4 Å². The van der Waals surface area contributed by atoms with Crippen molar-refractivity contribution in [2.75, 3.05) is 7.05 Å². The van der Waals surface area contributed by atoms with E-state index in [-0.39, 0.29) is 24.8 Å². The molecule has 0 aromatic carbocycles. The predicted octanol–water partition coefficient (Wildman–Crippen LogP) is 2.60. The number of pyridine rings is 1. The summed E-state index contributed by atoms with van der Waals surface area (Å²) in [6, 6.07) is 4.67. The molecule has 0 radical (unpaired) electrons. The first-order valence-electron chi connectivity index (χ1n) is 4.49. The quantitative estimate of drug-likeness (QED) is 0.870. The first kappa shape index (κ1) is 13.7. The standard InChI is InChI=1S/C10H14N2.2ClH/c1-11-10(8-4-5-8)9-3-2-6-12-7-9;;/h2-3,6-8,10-11H,4-5H2,1H3;2*1H. The molecule has 1 aromatic heterocycles. The Labute approximate surface area is 97.3 Å². The van der Waals surface area contributed by atoms with E-state index in [1.54, 1.807) is 0 Å². The zero-order valence-electron chi connectivity index (χ0n) is 8.14. The lowest BCUT2D eigenvalue weighted by Crippen LogP contribution is -2.18. The third-order valence-electron chi connectivity index (χ3n) is 2.45. The Hall–Kier alpha value is -0.310. The molecule has 0 aliphatic heterocycles. The maximum absolute atomic E-state index is 4.12. The molecular formula is C10H16Cl2N2. The highest BCUT2D eigenvalue weighted by Gasteiger charge is 2.30. The molecule has 1 atom stereocenters. The molecule has 1 unspecified atom stereocenters. The Morgan fingerprint density at radius 2 is 2.14 bits per heavy atom. The van der Waals surface area contributed by atoms with Gasteiger partial charge in [0.1, 0.15) is 0 Å². The lowest BCUT2D eigenvalue weighted by Gasteiger charge is -2.14. The van der Waals surface area contributed by atoms with E-state index in [9.17, 15) is 0 Å². The van der Waals surface area contributed by atoms with E-state index in [2.05, 4.69) is 16.4 Å². The van der Waals surface area contributed by atoms with Crippen LogP contribution in [0.2, 0.25) is 0 Å². The minimum Gasteiger partial charge on any atom is -0.313 e. The molecule has 0 bridgehead atoms. The second kappa shape index (κ2) is 6.23. The Morgan fingerprint density at radius 1 is 1.43 bits per heavy atom. The van der Waals surface area contributed by atoms with E-state index in [0.29, 0.717) is 6.04 Å². The van der Waals surface area contributed by atoms with Gasteiger partial charge in [0.25, 0.3) is 0 Å². The van der Waals surface area contributed by atoms with Crippen LogP contribution in [-0.4, -0.2) is 12.0 Å². The molecule has 1 heterocycles. The number of hydrogen-bond donors (Lipinski definition) is 1. The van der Waals surface area contributed by atoms with Crippen LogP contribution in [0.15, 0.2) is 24.5 Å². The van der Waals surface area contributed by atoms with E-state index in [1.165, 1.54) is 18.4 Å². The highest BCUT2D eigenvalue weighted by atomic mass is 35.5. The van der Waals surface area contributed by atoms with Crippen molar-refractivity contribution < 1.29 is 0 Å². The van der Waals surface area contributed by atoms with E-state index >= 15 is 0 Å². The smallest absolute Gasteiger partial charge is 0.0361 e. The monoisotopic (exact) mass is 234 g/mol. The minimum absolute atomic E-state index is 0. The average Bonchev–Trinajstić information content (AvgIpc) is 2.92. The first-order chi connectivity index (χ1) is 5.92. The van der Waals surface area contributed by atoms with Crippen LogP contribution in [0.4, 0.5) is 0 Å². The topological polar surface area (TPSA) is 24.9 Å². The van der Waals surface area contributed by atoms with Gasteiger partial charge < -0.3 is 5.32 Å². The number of nitrogens with zero attached hydrogens (tertiary/aromatic N) is 1. The molecule has 4 heteroatoms. The van der Waals surface area contributed by atoms with Crippen molar-refractivity contribution in [2.45, 2.75) is 18.9 Å². The van der Waals surface area contributed by atoms with Crippen molar-refractivity contribution in [3.63, 3.8) is 0 Å². The summed E-state index contributed by atoms with van der Waals surface area (Å²) >= 11 is 0. The Bertz CT molecular complexity index is 250. The number of rotatable bonds is 3. The van der Waals surface area contributed by atoms with Crippen molar-refractivity contribution in [1.82, 2.24) is 10.3 Å². The van der Waals surface area contributed by atoms with Gasteiger partial charge in [-0.15, -0.1) is 24.8 Å². The second-order valence-electron chi connectivity index (χ2n) is 3.39. The predicted molar refractivity (Wildman–Crippen MR) is 63.3 cm³/mol. The fourth-order valence-corrected chi connectivity index (χ4v) is 1.66. The summed E-state index contributed by atoms with van der Waals surface area (Å²) in [4.78, 5) is 4.12. The van der Waals surface area contributed by atoms with Crippen LogP contribution in [0, 0.1) is 5.92 Å². The van der Waals surface area contributed by atoms with Crippen LogP contribution in [0.1, 0.15) is 24.4 Å². The largest absolute Gasteiger partial charge is 0.313 e. The summed E-state index contributed by atoms with van der Waals surface area (Å²) in [5.74, 6) is 0.846. The van der Waals surface area contributed by atoms with Gasteiger partial charge >= 0.3 is 0 Å². The van der Waals surface area contributed by atoms with Gasteiger partial charge in [0.05, 0.1) is 0 Å². The molecule has 1 aliphatic rings. The summed E-state index contributed by atoms with van der Waals surface area (Å²) in [6.45, 7) is 0. The van der Waals surface area contributed by atoms with Crippen molar-refractivity contribution in [3.8, 4) is 0 Å². The molecule has 0 amide bonds. The molecule has 0 spiro atoms. The van der Waals surface area contributed by atoms with Crippen molar-refractivity contribution in [1.29, 1.82) is 0 Å². The van der Waals surface area contributed by atoms with Gasteiger partial charge in [-0.25, -0.2) is 0 Å². The van der Waals surface area contributed by atoms with E-state index in [4.69, 9.17) is 0 Å². The van der Waals surface area contributed by atoms with Crippen LogP contribution < -0.4 is 5.32 Å². The van der Waals surface area contributed by atoms with Gasteiger partial charge in [-0.2, -0.15) is 0 Å². The normalized spacial score (nSPS) is 16.4. The molecule has 1 aromatic rings. The molecule has 0 saturated heterocycles. The molecule has 1 aliphatic carbocycles. The SMILES string of the molecule is CNC(c1cccnc1)C1CC1.Cl.Cl. The Kier molecular flexibility index (Phi) is 6.09. The second-order valence-corrected chi connectivity index (χ2v) is 3.39. The van der Waals surface area contributed by atoms with Crippen molar-refractivity contribution >= 4 is 24.8 Å². The van der Waals surface area contributed by atoms with Crippen molar-refractivity contribution in [3.05, 3.63) is 30.1 Å². The fraction of sp³-hybridized carbons (Fsp3) is 0.500. The summed E-state index contributed by atoms with van der Waals surface area (Å²) < 4.78 is 0. The minimum atomic E-state index is 0. The maximum Gasteiger partial charge on any atom is 0.0361 e. The van der Waals surface area contributed by atoms with E-state index < -0.39 is 0 Å². The summed E-state index contributed by atoms with van der Waals surface area (Å²) in [6.07, 6.45) is 6.50. The third kappa shape index (κ3) is 3.12. The van der Waals surface area contributed by atoms with Gasteiger partial charge in [-0.1, -0.05) is 6.07 Å². The van der Waals surface area contributed by atoms with Crippen LogP contribution in [0.25, 0.3) is 0 Å². The molecular weight excluding hydrogens is 219 g/mol. The van der Waals surface area contributed by atoms with Crippen LogP contribution in [0.5, 0.6) is 0 Å². The van der Waals surface area contributed by atoms with Crippen LogP contribution in [-0.2, 0) is 0 Å². The number of halogens is 2. The maximum atomic E-state index is 4.12. The van der Waals surface area contributed by atoms with Gasteiger partial charge in [0.2, 0.25) is 0 Å². The summed E-state index contributed by atoms with van der Waals surface area (Å²) in [5.41, 5.74) is 1.32. The number of aromatic nitrogens is 1. The fourth-order valence-electron chi connectivity index (χ4n) is 1.66. The molecule has 1 saturated carbocycles. The zero-order chi connectivity index (χ0) is 8.39. The van der Waals surface area contributed by atoms with Gasteiger partial charge in [0.15, 0.2) is 0 Å². The summed E-state index contributed by atoms with van der Waals surface area (Å²) in [5, 5.41) is 3.34. The lowest BCUT2D eigenvalue weighted by atomic mass is 10.1.